The van der Waals surface area contributed by atoms with Crippen molar-refractivity contribution in [3.05, 3.63) is 53.6 Å². The van der Waals surface area contributed by atoms with E-state index in [9.17, 15) is 29.4 Å². The molecular formula is C47H67N3O7. The molecule has 3 N–H and O–H groups in total. The molecule has 57 heavy (non-hydrogen) atoms. The van der Waals surface area contributed by atoms with Crippen molar-refractivity contribution >= 4 is 29.6 Å². The highest BCUT2D eigenvalue weighted by atomic mass is 16.6. The molecule has 1 aromatic carbocycles. The molecule has 0 bridgehead atoms. The lowest BCUT2D eigenvalue weighted by atomic mass is 9.33. The molecule has 1 unspecified atom stereocenters. The molecule has 5 aliphatic carbocycles. The van der Waals surface area contributed by atoms with Crippen molar-refractivity contribution in [1.82, 2.24) is 15.1 Å². The summed E-state index contributed by atoms with van der Waals surface area (Å²) in [6.07, 6.45) is 11.1. The van der Waals surface area contributed by atoms with Crippen molar-refractivity contribution in [2.45, 2.75) is 137 Å². The maximum Gasteiger partial charge on any atom is 0.410 e. The Morgan fingerprint density at radius 1 is 0.860 bits per heavy atom. The normalized spacial score (nSPS) is 38.4. The summed E-state index contributed by atoms with van der Waals surface area (Å²) in [4.78, 5) is 54.4. The van der Waals surface area contributed by atoms with Gasteiger partial charge in [0.05, 0.1) is 12.1 Å². The van der Waals surface area contributed by atoms with E-state index >= 15 is 0 Å². The van der Waals surface area contributed by atoms with Crippen LogP contribution in [-0.2, 0) is 9.53 Å². The number of benzene rings is 1. The molecule has 3 amide bonds. The number of hydrogen-bond donors (Lipinski definition) is 3. The van der Waals surface area contributed by atoms with E-state index in [2.05, 4.69) is 59.5 Å². The van der Waals surface area contributed by atoms with Gasteiger partial charge in [-0.25, -0.2) is 19.2 Å². The van der Waals surface area contributed by atoms with Gasteiger partial charge in [-0.3, -0.25) is 0 Å². The minimum atomic E-state index is -1.17. The summed E-state index contributed by atoms with van der Waals surface area (Å²) in [7, 11) is 0. The molecule has 0 spiro atoms. The van der Waals surface area contributed by atoms with Crippen molar-refractivity contribution < 1.29 is 34.1 Å². The van der Waals surface area contributed by atoms with E-state index in [-0.39, 0.29) is 59.2 Å². The van der Waals surface area contributed by atoms with E-state index in [1.807, 2.05) is 12.1 Å². The third kappa shape index (κ3) is 6.50. The molecular weight excluding hydrogens is 719 g/mol. The summed E-state index contributed by atoms with van der Waals surface area (Å²) in [5.41, 5.74) is 2.92. The maximum atomic E-state index is 14.4. The standard InChI is InChI=1S/C47H67N3O7/c1-28(2)31-17-22-47(48-40(55)50-26-25-49(27-34(50)39(53)54)41(56)57-42(3,4)5)24-23-45(9)33(37(31)47)15-16-36-44(8)20-18-32(29-11-13-30(14-12-29)38(51)52)43(6,7)35(44)19-21-46(36,45)10/h11-14,18,31,33-37H,1,15-17,19-27H2,2-10H3,(H,48,55)(H,51,52)(H,53,54)/t31-,33+,34?,35-,36+,37+,44-,45+,46+,47-/m0/s1. The molecule has 10 heteroatoms. The number of carboxylic acids is 2. The summed E-state index contributed by atoms with van der Waals surface area (Å²) < 4.78 is 5.54. The molecule has 4 saturated carbocycles. The van der Waals surface area contributed by atoms with Gasteiger partial charge in [-0.1, -0.05) is 65.0 Å². The number of fused-ring (bicyclic) bond motifs is 7. The van der Waals surface area contributed by atoms with Gasteiger partial charge >= 0.3 is 24.1 Å². The van der Waals surface area contributed by atoms with Crippen LogP contribution in [-0.4, -0.2) is 80.9 Å². The van der Waals surface area contributed by atoms with Gasteiger partial charge in [0.1, 0.15) is 11.6 Å². The molecule has 7 rings (SSSR count). The fraction of sp³-hybridized carbons (Fsp3) is 0.702. The second-order valence-corrected chi connectivity index (χ2v) is 21.2. The summed E-state index contributed by atoms with van der Waals surface area (Å²) in [6, 6.07) is 5.91. The zero-order chi connectivity index (χ0) is 41.7. The first-order valence-electron chi connectivity index (χ1n) is 21.5. The second kappa shape index (κ2) is 13.9. The predicted octanol–water partition coefficient (Wildman–Crippen LogP) is 9.50. The van der Waals surface area contributed by atoms with Crippen LogP contribution in [0, 0.1) is 51.2 Å². The van der Waals surface area contributed by atoms with Crippen LogP contribution in [0.4, 0.5) is 9.59 Å². The van der Waals surface area contributed by atoms with E-state index < -0.39 is 35.2 Å². The average Bonchev–Trinajstić information content (AvgIpc) is 3.50. The van der Waals surface area contributed by atoms with Crippen LogP contribution in [0.5, 0.6) is 0 Å². The van der Waals surface area contributed by atoms with Crippen molar-refractivity contribution in [1.29, 1.82) is 0 Å². The molecule has 1 aromatic rings. The Hall–Kier alpha value is -3.82. The van der Waals surface area contributed by atoms with Gasteiger partial charge in [0.2, 0.25) is 0 Å². The summed E-state index contributed by atoms with van der Waals surface area (Å²) >= 11 is 0. The Kier molecular flexibility index (Phi) is 10.1. The van der Waals surface area contributed by atoms with Crippen molar-refractivity contribution in [3.63, 3.8) is 0 Å². The van der Waals surface area contributed by atoms with Crippen LogP contribution in [0.25, 0.3) is 5.57 Å². The Morgan fingerprint density at radius 2 is 1.54 bits per heavy atom. The smallest absolute Gasteiger partial charge is 0.410 e. The molecule has 5 fully saturated rings. The molecule has 0 radical (unpaired) electrons. The fourth-order valence-corrected chi connectivity index (χ4v) is 14.3. The lowest BCUT2D eigenvalue weighted by molar-refractivity contribution is -0.218. The molecule has 0 aromatic heterocycles. The largest absolute Gasteiger partial charge is 0.480 e. The number of hydrogen-bond acceptors (Lipinski definition) is 5. The fourth-order valence-electron chi connectivity index (χ4n) is 14.3. The van der Waals surface area contributed by atoms with Gasteiger partial charge in [0, 0.05) is 18.6 Å². The number of carbonyl (C=O) groups is 4. The van der Waals surface area contributed by atoms with Gasteiger partial charge in [0.15, 0.2) is 0 Å². The van der Waals surface area contributed by atoms with Crippen molar-refractivity contribution in [2.24, 2.45) is 51.2 Å². The molecule has 10 atom stereocenters. The van der Waals surface area contributed by atoms with Crippen molar-refractivity contribution in [3.8, 4) is 0 Å². The Morgan fingerprint density at radius 3 is 2.16 bits per heavy atom. The number of aromatic carboxylic acids is 1. The van der Waals surface area contributed by atoms with Gasteiger partial charge in [-0.15, -0.1) is 0 Å². The highest BCUT2D eigenvalue weighted by molar-refractivity contribution is 5.88. The van der Waals surface area contributed by atoms with E-state index in [0.717, 1.165) is 63.4 Å². The zero-order valence-corrected chi connectivity index (χ0v) is 35.9. The predicted molar refractivity (Wildman–Crippen MR) is 220 cm³/mol. The van der Waals surface area contributed by atoms with Crippen LogP contribution >= 0.6 is 0 Å². The van der Waals surface area contributed by atoms with Gasteiger partial charge < -0.3 is 30.1 Å². The van der Waals surface area contributed by atoms with Gasteiger partial charge in [-0.05, 0) is 160 Å². The first-order valence-corrected chi connectivity index (χ1v) is 21.5. The molecule has 1 aliphatic heterocycles. The first-order chi connectivity index (χ1) is 26.5. The number of allylic oxidation sites excluding steroid dienone is 3. The number of carboxylic acid groups (broad SMARTS) is 2. The highest BCUT2D eigenvalue weighted by Gasteiger charge is 2.71. The monoisotopic (exact) mass is 785 g/mol. The highest BCUT2D eigenvalue weighted by Crippen LogP contribution is 2.76. The number of amides is 3. The zero-order valence-electron chi connectivity index (χ0n) is 35.9. The lowest BCUT2D eigenvalue weighted by Crippen LogP contribution is -2.70. The minimum Gasteiger partial charge on any atom is -0.480 e. The average molecular weight is 786 g/mol. The Bertz CT molecular complexity index is 1860. The van der Waals surface area contributed by atoms with Gasteiger partial charge in [-0.2, -0.15) is 0 Å². The maximum absolute atomic E-state index is 14.4. The summed E-state index contributed by atoms with van der Waals surface area (Å²) in [6.45, 7) is 24.8. The van der Waals surface area contributed by atoms with E-state index in [1.165, 1.54) is 20.9 Å². The Labute approximate surface area is 339 Å². The third-order valence-corrected chi connectivity index (χ3v) is 17.0. The van der Waals surface area contributed by atoms with Gasteiger partial charge in [0.25, 0.3) is 0 Å². The quantitative estimate of drug-likeness (QED) is 0.253. The number of aliphatic carboxylic acids is 1. The number of nitrogens with one attached hydrogen (secondary N) is 1. The number of ether oxygens (including phenoxy) is 1. The number of carbonyl (C=O) groups excluding carboxylic acids is 2. The second-order valence-electron chi connectivity index (χ2n) is 21.2. The topological polar surface area (TPSA) is 136 Å². The molecule has 6 aliphatic rings. The SMILES string of the molecule is C=C(C)[C@@H]1CC[C@]2(NC(=O)N3CCN(C(=O)OC(C)(C)C)CC3C(=O)O)CC[C@]3(C)[C@H](CC[C@@H]4[C@@]5(C)CC=C(c6ccc(C(=O)O)cc6)C(C)(C)[C@@H]5CC[C@]43C)[C@@H]12. The third-order valence-electron chi connectivity index (χ3n) is 17.0. The summed E-state index contributed by atoms with van der Waals surface area (Å²) in [5, 5.41) is 23.4. The molecule has 10 nitrogen and oxygen atoms in total. The molecule has 1 saturated heterocycles. The van der Waals surface area contributed by atoms with Crippen molar-refractivity contribution in [2.75, 3.05) is 19.6 Å². The Balaban J connectivity index is 1.15. The van der Waals surface area contributed by atoms with Crippen LogP contribution in [0.1, 0.15) is 136 Å². The van der Waals surface area contributed by atoms with Crippen LogP contribution in [0.15, 0.2) is 42.5 Å². The number of rotatable bonds is 5. The van der Waals surface area contributed by atoms with E-state index in [4.69, 9.17) is 4.74 Å². The lowest BCUT2D eigenvalue weighted by Gasteiger charge is -2.72. The number of piperazine rings is 1. The van der Waals surface area contributed by atoms with Crippen LogP contribution in [0.3, 0.4) is 0 Å². The number of urea groups is 1. The number of nitrogens with zero attached hydrogens (tertiary/aromatic N) is 2. The van der Waals surface area contributed by atoms with E-state index in [1.54, 1.807) is 32.9 Å². The van der Waals surface area contributed by atoms with E-state index in [0.29, 0.717) is 23.3 Å². The molecule has 312 valence electrons. The van der Waals surface area contributed by atoms with Crippen LogP contribution in [0.2, 0.25) is 0 Å². The minimum absolute atomic E-state index is 0.0459. The first kappa shape index (κ1) is 41.3. The van der Waals surface area contributed by atoms with Crippen LogP contribution < -0.4 is 5.32 Å². The summed E-state index contributed by atoms with van der Waals surface area (Å²) in [5.74, 6) is -0.166. The molecule has 1 heterocycles.